The summed E-state index contributed by atoms with van der Waals surface area (Å²) in [5.41, 5.74) is 1.74. The Morgan fingerprint density at radius 1 is 1.56 bits per heavy atom. The van der Waals surface area contributed by atoms with Crippen LogP contribution in [0.1, 0.15) is 25.3 Å². The average Bonchev–Trinajstić information content (AvgIpc) is 2.90. The molecule has 0 amide bonds. The van der Waals surface area contributed by atoms with E-state index in [4.69, 9.17) is 28.6 Å². The number of H-pyrrole nitrogens is 1. The summed E-state index contributed by atoms with van der Waals surface area (Å²) in [4.78, 5) is 7.56. The summed E-state index contributed by atoms with van der Waals surface area (Å²) in [5, 5.41) is 0.612. The molecule has 0 radical (unpaired) electrons. The largest absolute Gasteiger partial charge is 0.379 e. The first-order valence-electron chi connectivity index (χ1n) is 5.99. The Bertz CT molecular complexity index is 636. The summed E-state index contributed by atoms with van der Waals surface area (Å²) in [6.07, 6.45) is 5.17. The lowest BCUT2D eigenvalue weighted by atomic mass is 10.2. The van der Waals surface area contributed by atoms with Crippen LogP contribution in [0.5, 0.6) is 0 Å². The van der Waals surface area contributed by atoms with Crippen molar-refractivity contribution in [1.82, 2.24) is 14.5 Å². The molecule has 0 aromatic carbocycles. The van der Waals surface area contributed by atoms with Crippen molar-refractivity contribution in [1.29, 1.82) is 0 Å². The molecule has 6 heteroatoms. The van der Waals surface area contributed by atoms with E-state index in [1.807, 2.05) is 6.07 Å². The number of rotatable bonds is 2. The maximum Gasteiger partial charge on any atom is 0.179 e. The summed E-state index contributed by atoms with van der Waals surface area (Å²) in [5.74, 6) is 0. The van der Waals surface area contributed by atoms with Crippen LogP contribution in [0.2, 0.25) is 5.02 Å². The zero-order valence-electron chi connectivity index (χ0n) is 10.0. The van der Waals surface area contributed by atoms with Crippen molar-refractivity contribution >= 4 is 35.0 Å². The maximum absolute atomic E-state index is 5.95. The van der Waals surface area contributed by atoms with Crippen molar-refractivity contribution in [2.45, 2.75) is 31.4 Å². The number of aromatic nitrogens is 3. The highest BCUT2D eigenvalue weighted by molar-refractivity contribution is 7.71. The third-order valence-electron chi connectivity index (χ3n) is 3.57. The standard InChI is InChI=1S/C12H14ClN3OS/c1-17-10-4-2-3-9(10)16-11-8(15-12(16)18)5-7(13)6-14-11/h5-6,9-10H,2-4H2,1H3,(H,15,18). The third kappa shape index (κ3) is 1.86. The normalized spacial score (nSPS) is 23.9. The van der Waals surface area contributed by atoms with E-state index in [2.05, 4.69) is 14.5 Å². The van der Waals surface area contributed by atoms with Crippen LogP contribution in [-0.2, 0) is 4.74 Å². The zero-order chi connectivity index (χ0) is 12.7. The van der Waals surface area contributed by atoms with Crippen LogP contribution in [0.4, 0.5) is 0 Å². The van der Waals surface area contributed by atoms with Gasteiger partial charge in [-0.05, 0) is 37.5 Å². The Kier molecular flexibility index (Phi) is 3.13. The number of aromatic amines is 1. The van der Waals surface area contributed by atoms with E-state index in [1.165, 1.54) is 0 Å². The SMILES string of the molecule is COC1CCCC1n1c(=S)[nH]c2cc(Cl)cnc21. The average molecular weight is 284 g/mol. The van der Waals surface area contributed by atoms with Crippen LogP contribution in [0, 0.1) is 4.77 Å². The smallest absolute Gasteiger partial charge is 0.179 e. The molecule has 0 bridgehead atoms. The van der Waals surface area contributed by atoms with Crippen LogP contribution in [0.25, 0.3) is 11.2 Å². The molecule has 1 aliphatic carbocycles. The van der Waals surface area contributed by atoms with Gasteiger partial charge in [-0.25, -0.2) is 4.98 Å². The molecule has 1 aliphatic rings. The Balaban J connectivity index is 2.16. The minimum atomic E-state index is 0.216. The zero-order valence-corrected chi connectivity index (χ0v) is 11.6. The Hall–Kier alpha value is -0.910. The molecule has 3 rings (SSSR count). The maximum atomic E-state index is 5.95. The van der Waals surface area contributed by atoms with E-state index >= 15 is 0 Å². The van der Waals surface area contributed by atoms with Gasteiger partial charge in [0, 0.05) is 13.3 Å². The Morgan fingerprint density at radius 3 is 3.17 bits per heavy atom. The molecule has 4 nitrogen and oxygen atoms in total. The second kappa shape index (κ2) is 4.64. The molecular weight excluding hydrogens is 270 g/mol. The number of imidazole rings is 1. The Morgan fingerprint density at radius 2 is 2.39 bits per heavy atom. The molecular formula is C12H14ClN3OS. The molecule has 0 spiro atoms. The predicted octanol–water partition coefficient (Wildman–Crippen LogP) is 3.49. The number of methoxy groups -OCH3 is 1. The van der Waals surface area contributed by atoms with Gasteiger partial charge in [0.05, 0.1) is 22.7 Å². The molecule has 18 heavy (non-hydrogen) atoms. The van der Waals surface area contributed by atoms with Crippen molar-refractivity contribution < 1.29 is 4.74 Å². The first-order valence-corrected chi connectivity index (χ1v) is 6.78. The molecule has 0 aliphatic heterocycles. The van der Waals surface area contributed by atoms with Crippen LogP contribution < -0.4 is 0 Å². The Labute approximate surface area is 115 Å². The molecule has 1 N–H and O–H groups in total. The summed E-state index contributed by atoms with van der Waals surface area (Å²) in [7, 11) is 1.76. The fourth-order valence-corrected chi connectivity index (χ4v) is 3.26. The van der Waals surface area contributed by atoms with Crippen molar-refractivity contribution in [3.8, 4) is 0 Å². The second-order valence-corrected chi connectivity index (χ2v) is 5.42. The topological polar surface area (TPSA) is 42.8 Å². The lowest BCUT2D eigenvalue weighted by molar-refractivity contribution is 0.0756. The summed E-state index contributed by atoms with van der Waals surface area (Å²) in [6, 6.07) is 2.12. The molecule has 2 unspecified atom stereocenters. The summed E-state index contributed by atoms with van der Waals surface area (Å²) in [6.45, 7) is 0. The fraction of sp³-hybridized carbons (Fsp3) is 0.500. The number of nitrogens with zero attached hydrogens (tertiary/aromatic N) is 2. The first kappa shape index (κ1) is 12.1. The fourth-order valence-electron chi connectivity index (χ4n) is 2.77. The van der Waals surface area contributed by atoms with E-state index < -0.39 is 0 Å². The van der Waals surface area contributed by atoms with Gasteiger partial charge >= 0.3 is 0 Å². The molecule has 96 valence electrons. The number of ether oxygens (including phenoxy) is 1. The van der Waals surface area contributed by atoms with Gasteiger partial charge in [-0.3, -0.25) is 4.57 Å². The van der Waals surface area contributed by atoms with Gasteiger partial charge in [0.1, 0.15) is 0 Å². The highest BCUT2D eigenvalue weighted by atomic mass is 35.5. The van der Waals surface area contributed by atoms with Gasteiger partial charge in [0.25, 0.3) is 0 Å². The van der Waals surface area contributed by atoms with Crippen molar-refractivity contribution in [2.75, 3.05) is 7.11 Å². The van der Waals surface area contributed by atoms with Crippen molar-refractivity contribution in [3.63, 3.8) is 0 Å². The van der Waals surface area contributed by atoms with Crippen LogP contribution in [0.15, 0.2) is 12.3 Å². The monoisotopic (exact) mass is 283 g/mol. The molecule has 0 saturated heterocycles. The lowest BCUT2D eigenvalue weighted by Crippen LogP contribution is -2.20. The highest BCUT2D eigenvalue weighted by Gasteiger charge is 2.30. The minimum Gasteiger partial charge on any atom is -0.379 e. The first-order chi connectivity index (χ1) is 8.70. The molecule has 2 aromatic heterocycles. The number of hydrogen-bond acceptors (Lipinski definition) is 3. The van der Waals surface area contributed by atoms with Gasteiger partial charge in [0.2, 0.25) is 0 Å². The van der Waals surface area contributed by atoms with E-state index in [1.54, 1.807) is 13.3 Å². The summed E-state index contributed by atoms with van der Waals surface area (Å²) < 4.78 is 8.30. The minimum absolute atomic E-state index is 0.216. The van der Waals surface area contributed by atoms with Crippen LogP contribution >= 0.6 is 23.8 Å². The number of nitrogens with one attached hydrogen (secondary N) is 1. The third-order valence-corrected chi connectivity index (χ3v) is 4.08. The van der Waals surface area contributed by atoms with E-state index in [9.17, 15) is 0 Å². The highest BCUT2D eigenvalue weighted by Crippen LogP contribution is 2.34. The molecule has 1 fully saturated rings. The van der Waals surface area contributed by atoms with Gasteiger partial charge in [-0.1, -0.05) is 11.6 Å². The van der Waals surface area contributed by atoms with Gasteiger partial charge in [-0.2, -0.15) is 0 Å². The molecule has 2 atom stereocenters. The number of fused-ring (bicyclic) bond motifs is 1. The van der Waals surface area contributed by atoms with Crippen LogP contribution in [0.3, 0.4) is 0 Å². The molecule has 2 aromatic rings. The summed E-state index contributed by atoms with van der Waals surface area (Å²) >= 11 is 11.3. The van der Waals surface area contributed by atoms with Crippen molar-refractivity contribution in [3.05, 3.63) is 22.1 Å². The van der Waals surface area contributed by atoms with Crippen LogP contribution in [-0.4, -0.2) is 27.7 Å². The van der Waals surface area contributed by atoms with Gasteiger partial charge < -0.3 is 9.72 Å². The number of hydrogen-bond donors (Lipinski definition) is 1. The predicted molar refractivity (Wildman–Crippen MR) is 73.6 cm³/mol. The van der Waals surface area contributed by atoms with E-state index in [-0.39, 0.29) is 12.1 Å². The lowest BCUT2D eigenvalue weighted by Gasteiger charge is -2.19. The van der Waals surface area contributed by atoms with Gasteiger partial charge in [0.15, 0.2) is 10.4 Å². The molecule has 1 saturated carbocycles. The quantitative estimate of drug-likeness (QED) is 0.858. The van der Waals surface area contributed by atoms with E-state index in [0.717, 1.165) is 30.4 Å². The number of halogens is 1. The van der Waals surface area contributed by atoms with Crippen molar-refractivity contribution in [2.24, 2.45) is 0 Å². The van der Waals surface area contributed by atoms with E-state index in [0.29, 0.717) is 9.79 Å². The molecule has 2 heterocycles. The van der Waals surface area contributed by atoms with Gasteiger partial charge in [-0.15, -0.1) is 0 Å². The number of pyridine rings is 1. The second-order valence-electron chi connectivity index (χ2n) is 4.60.